The van der Waals surface area contributed by atoms with Gasteiger partial charge in [0, 0.05) is 44.2 Å². The number of rotatable bonds is 10. The van der Waals surface area contributed by atoms with Gasteiger partial charge in [-0.15, -0.1) is 0 Å². The number of fused-ring (bicyclic) bond motifs is 1. The van der Waals surface area contributed by atoms with E-state index in [1.165, 1.54) is 12.8 Å². The number of hydrogen-bond donors (Lipinski definition) is 2. The van der Waals surface area contributed by atoms with Gasteiger partial charge in [-0.3, -0.25) is 0 Å². The molecule has 0 atom stereocenters. The van der Waals surface area contributed by atoms with Gasteiger partial charge in [0.1, 0.15) is 5.82 Å². The Kier molecular flexibility index (Phi) is 8.13. The van der Waals surface area contributed by atoms with Crippen molar-refractivity contribution in [3.05, 3.63) is 42.0 Å². The van der Waals surface area contributed by atoms with Crippen LogP contribution in [0.1, 0.15) is 31.2 Å². The van der Waals surface area contributed by atoms with Crippen LogP contribution in [0.25, 0.3) is 10.9 Å². The number of nitrogens with one attached hydrogen (secondary N) is 2. The van der Waals surface area contributed by atoms with Crippen molar-refractivity contribution in [2.75, 3.05) is 52.2 Å². The van der Waals surface area contributed by atoms with Crippen molar-refractivity contribution in [1.29, 1.82) is 0 Å². The average molecular weight is 480 g/mol. The zero-order chi connectivity index (χ0) is 24.8. The fraction of sp³-hybridized carbons (Fsp3) is 0.481. The van der Waals surface area contributed by atoms with Gasteiger partial charge >= 0.3 is 0 Å². The fourth-order valence-corrected chi connectivity index (χ4v) is 4.84. The molecule has 0 aliphatic heterocycles. The largest absolute Gasteiger partial charge is 0.493 e. The van der Waals surface area contributed by atoms with Crippen molar-refractivity contribution in [2.24, 2.45) is 5.92 Å². The van der Waals surface area contributed by atoms with Crippen molar-refractivity contribution < 1.29 is 14.2 Å². The lowest BCUT2D eigenvalue weighted by Gasteiger charge is -2.29. The van der Waals surface area contributed by atoms with Crippen molar-refractivity contribution in [3.8, 4) is 17.2 Å². The van der Waals surface area contributed by atoms with Crippen LogP contribution in [0.4, 0.5) is 11.8 Å². The summed E-state index contributed by atoms with van der Waals surface area (Å²) in [6, 6.07) is 12.6. The smallest absolute Gasteiger partial charge is 0.225 e. The predicted octanol–water partition coefficient (Wildman–Crippen LogP) is 4.48. The predicted molar refractivity (Wildman–Crippen MR) is 141 cm³/mol. The highest BCUT2D eigenvalue weighted by Gasteiger charge is 2.22. The van der Waals surface area contributed by atoms with E-state index >= 15 is 0 Å². The maximum atomic E-state index is 5.62. The maximum absolute atomic E-state index is 5.62. The third-order valence-corrected chi connectivity index (χ3v) is 6.77. The Morgan fingerprint density at radius 3 is 2.31 bits per heavy atom. The minimum Gasteiger partial charge on any atom is -0.493 e. The van der Waals surface area contributed by atoms with E-state index < -0.39 is 0 Å². The van der Waals surface area contributed by atoms with E-state index in [1.54, 1.807) is 21.3 Å². The summed E-state index contributed by atoms with van der Waals surface area (Å²) in [6.07, 6.45) is 4.62. The van der Waals surface area contributed by atoms with Gasteiger partial charge in [0.25, 0.3) is 0 Å². The van der Waals surface area contributed by atoms with E-state index in [2.05, 4.69) is 16.7 Å². The van der Waals surface area contributed by atoms with Crippen molar-refractivity contribution in [2.45, 2.75) is 38.3 Å². The molecule has 1 heterocycles. The molecule has 4 rings (SSSR count). The highest BCUT2D eigenvalue weighted by Crippen LogP contribution is 2.40. The molecule has 1 saturated carbocycles. The summed E-state index contributed by atoms with van der Waals surface area (Å²) < 4.78 is 16.5. The van der Waals surface area contributed by atoms with E-state index in [-0.39, 0.29) is 0 Å². The van der Waals surface area contributed by atoms with Gasteiger partial charge in [-0.2, -0.15) is 4.98 Å². The van der Waals surface area contributed by atoms with Crippen LogP contribution in [-0.4, -0.2) is 58.0 Å². The van der Waals surface area contributed by atoms with Crippen LogP contribution in [0.15, 0.2) is 36.4 Å². The number of para-hydroxylation sites is 1. The second-order valence-corrected chi connectivity index (χ2v) is 9.26. The van der Waals surface area contributed by atoms with E-state index in [0.29, 0.717) is 29.4 Å². The quantitative estimate of drug-likeness (QED) is 0.441. The number of hydrogen-bond acceptors (Lipinski definition) is 8. The van der Waals surface area contributed by atoms with E-state index in [1.807, 2.05) is 49.3 Å². The first-order chi connectivity index (χ1) is 17.0. The fourth-order valence-electron chi connectivity index (χ4n) is 4.84. The maximum Gasteiger partial charge on any atom is 0.225 e. The highest BCUT2D eigenvalue weighted by atomic mass is 16.5. The minimum atomic E-state index is 0.487. The molecule has 8 nitrogen and oxygen atoms in total. The van der Waals surface area contributed by atoms with Gasteiger partial charge in [0.05, 0.1) is 26.8 Å². The van der Waals surface area contributed by atoms with Gasteiger partial charge in [0.2, 0.25) is 11.7 Å². The van der Waals surface area contributed by atoms with E-state index in [0.717, 1.165) is 54.0 Å². The van der Waals surface area contributed by atoms with Gasteiger partial charge in [-0.25, -0.2) is 4.98 Å². The second-order valence-electron chi connectivity index (χ2n) is 9.26. The number of methoxy groups -OCH3 is 3. The lowest BCUT2D eigenvalue weighted by atomic mass is 9.86. The molecule has 0 spiro atoms. The molecule has 188 valence electrons. The summed E-state index contributed by atoms with van der Waals surface area (Å²) in [5, 5.41) is 8.28. The number of ether oxygens (including phenoxy) is 3. The number of anilines is 2. The summed E-state index contributed by atoms with van der Waals surface area (Å²) >= 11 is 0. The Labute approximate surface area is 208 Å². The average Bonchev–Trinajstić information content (AvgIpc) is 2.89. The molecule has 1 fully saturated rings. The van der Waals surface area contributed by atoms with E-state index in [4.69, 9.17) is 24.2 Å². The Morgan fingerprint density at radius 1 is 0.886 bits per heavy atom. The Morgan fingerprint density at radius 2 is 1.63 bits per heavy atom. The van der Waals surface area contributed by atoms with Crippen LogP contribution in [-0.2, 0) is 6.54 Å². The second kappa shape index (κ2) is 11.4. The van der Waals surface area contributed by atoms with Crippen LogP contribution in [0.2, 0.25) is 0 Å². The molecule has 8 heteroatoms. The molecule has 0 amide bonds. The van der Waals surface area contributed by atoms with Crippen LogP contribution >= 0.6 is 0 Å². The molecule has 35 heavy (non-hydrogen) atoms. The summed E-state index contributed by atoms with van der Waals surface area (Å²) in [4.78, 5) is 11.5. The first-order valence-corrected chi connectivity index (χ1v) is 12.2. The van der Waals surface area contributed by atoms with Gasteiger partial charge in [-0.1, -0.05) is 18.2 Å². The molecular weight excluding hydrogens is 442 g/mol. The standard InChI is InChI=1S/C27H37N5O3/c1-32(2)26-21-8-6-7-9-22(21)30-27(31-26)29-16-18-10-13-20(14-11-18)28-17-19-12-15-23(33-3)25(35-5)24(19)34-4/h6-9,12,15,18,20,28H,10-11,13-14,16-17H2,1-5H3,(H,29,30,31)/t18-,20+. The van der Waals surface area contributed by atoms with Crippen molar-refractivity contribution in [3.63, 3.8) is 0 Å². The summed E-state index contributed by atoms with van der Waals surface area (Å²) in [5.74, 6) is 4.29. The lowest BCUT2D eigenvalue weighted by Crippen LogP contribution is -2.34. The molecule has 2 aromatic carbocycles. The number of aromatic nitrogens is 2. The zero-order valence-corrected chi connectivity index (χ0v) is 21.4. The van der Waals surface area contributed by atoms with Gasteiger partial charge in [-0.05, 0) is 49.8 Å². The highest BCUT2D eigenvalue weighted by molar-refractivity contribution is 5.90. The third-order valence-electron chi connectivity index (χ3n) is 6.77. The van der Waals surface area contributed by atoms with Crippen LogP contribution in [0.3, 0.4) is 0 Å². The molecule has 1 aliphatic carbocycles. The number of nitrogens with zero attached hydrogens (tertiary/aromatic N) is 3. The molecule has 3 aromatic rings. The minimum absolute atomic E-state index is 0.487. The SMILES string of the molecule is COc1ccc(CN[C@H]2CC[C@@H](CNc3nc(N(C)C)c4ccccc4n3)CC2)c(OC)c1OC. The molecule has 0 unspecified atom stereocenters. The third kappa shape index (κ3) is 5.70. The monoisotopic (exact) mass is 479 g/mol. The van der Waals surface area contributed by atoms with Gasteiger partial charge in [0.15, 0.2) is 11.5 Å². The molecule has 0 radical (unpaired) electrons. The molecule has 0 bridgehead atoms. The van der Waals surface area contributed by atoms with Crippen molar-refractivity contribution in [1.82, 2.24) is 15.3 Å². The summed E-state index contributed by atoms with van der Waals surface area (Å²) in [6.45, 7) is 1.62. The van der Waals surface area contributed by atoms with Crippen LogP contribution < -0.4 is 29.7 Å². The Hall–Kier alpha value is -3.26. The lowest BCUT2D eigenvalue weighted by molar-refractivity contribution is 0.296. The molecular formula is C27H37N5O3. The normalized spacial score (nSPS) is 17.7. The van der Waals surface area contributed by atoms with Crippen LogP contribution in [0.5, 0.6) is 17.2 Å². The summed E-state index contributed by atoms with van der Waals surface area (Å²) in [5.41, 5.74) is 2.03. The molecule has 0 saturated heterocycles. The van der Waals surface area contributed by atoms with E-state index in [9.17, 15) is 0 Å². The first-order valence-electron chi connectivity index (χ1n) is 12.2. The Bertz CT molecular complexity index is 1130. The van der Waals surface area contributed by atoms with Crippen molar-refractivity contribution >= 4 is 22.7 Å². The molecule has 1 aromatic heterocycles. The topological polar surface area (TPSA) is 80.8 Å². The molecule has 1 aliphatic rings. The Balaban J connectivity index is 1.30. The zero-order valence-electron chi connectivity index (χ0n) is 21.4. The molecule has 2 N–H and O–H groups in total. The van der Waals surface area contributed by atoms with Crippen LogP contribution in [0, 0.1) is 5.92 Å². The summed E-state index contributed by atoms with van der Waals surface area (Å²) in [7, 11) is 8.97. The number of benzene rings is 2. The first kappa shape index (κ1) is 24.9. The van der Waals surface area contributed by atoms with Gasteiger partial charge < -0.3 is 29.7 Å².